The predicted octanol–water partition coefficient (Wildman–Crippen LogP) is 0.286. The minimum absolute atomic E-state index is 0.172. The average molecular weight is 398 g/mol. The van der Waals surface area contributed by atoms with E-state index in [0.717, 1.165) is 13.1 Å². The maximum atomic E-state index is 13.1. The third-order valence-electron chi connectivity index (χ3n) is 5.74. The molecule has 3 heterocycles. The lowest BCUT2D eigenvalue weighted by Crippen LogP contribution is -3.18. The molecule has 2 aromatic heterocycles. The summed E-state index contributed by atoms with van der Waals surface area (Å²) in [7, 11) is -3.82. The van der Waals surface area contributed by atoms with Gasteiger partial charge in [-0.3, -0.25) is 9.20 Å². The van der Waals surface area contributed by atoms with E-state index in [4.69, 9.17) is 0 Å². The minimum Gasteiger partial charge on any atom is -0.330 e. The van der Waals surface area contributed by atoms with E-state index in [0.29, 0.717) is 29.8 Å². The summed E-state index contributed by atoms with van der Waals surface area (Å²) >= 11 is 1.33. The molecule has 0 bridgehead atoms. The zero-order valence-electron chi connectivity index (χ0n) is 15.0. The zero-order chi connectivity index (χ0) is 18.3. The number of hydrogen-bond donors (Lipinski definition) is 1. The molecule has 2 aliphatic rings. The molecule has 7 nitrogen and oxygen atoms in total. The Bertz CT molecular complexity index is 952. The monoisotopic (exact) mass is 397 g/mol. The van der Waals surface area contributed by atoms with Crippen molar-refractivity contribution in [2.75, 3.05) is 26.2 Å². The Labute approximate surface area is 157 Å². The maximum absolute atomic E-state index is 13.1. The molecule has 4 rings (SSSR count). The Morgan fingerprint density at radius 2 is 1.88 bits per heavy atom. The van der Waals surface area contributed by atoms with Crippen LogP contribution in [-0.2, 0) is 10.0 Å². The summed E-state index contributed by atoms with van der Waals surface area (Å²) in [6, 6.07) is 0.671. The van der Waals surface area contributed by atoms with E-state index in [1.54, 1.807) is 18.5 Å². The maximum Gasteiger partial charge on any atom is 0.279 e. The van der Waals surface area contributed by atoms with Crippen molar-refractivity contribution in [3.05, 3.63) is 27.6 Å². The molecule has 1 saturated heterocycles. The van der Waals surface area contributed by atoms with E-state index >= 15 is 0 Å². The summed E-state index contributed by atoms with van der Waals surface area (Å²) in [6.07, 6.45) is 7.99. The van der Waals surface area contributed by atoms with Gasteiger partial charge in [-0.05, 0) is 32.6 Å². The van der Waals surface area contributed by atoms with Gasteiger partial charge >= 0.3 is 0 Å². The molecular weight excluding hydrogens is 372 g/mol. The third kappa shape index (κ3) is 3.11. The summed E-state index contributed by atoms with van der Waals surface area (Å²) < 4.78 is 29.1. The molecule has 0 amide bonds. The highest BCUT2D eigenvalue weighted by molar-refractivity contribution is 7.89. The first-order valence-corrected chi connectivity index (χ1v) is 11.6. The van der Waals surface area contributed by atoms with Gasteiger partial charge in [0, 0.05) is 11.6 Å². The number of rotatable bonds is 3. The zero-order valence-corrected chi connectivity index (χ0v) is 16.6. The Kier molecular flexibility index (Phi) is 4.89. The lowest BCUT2D eigenvalue weighted by molar-refractivity contribution is -0.930. The van der Waals surface area contributed by atoms with Gasteiger partial charge in [0.25, 0.3) is 15.6 Å². The smallest absolute Gasteiger partial charge is 0.279 e. The molecule has 1 saturated carbocycles. The van der Waals surface area contributed by atoms with Gasteiger partial charge in [-0.15, -0.1) is 11.3 Å². The van der Waals surface area contributed by atoms with Crippen LogP contribution in [0.4, 0.5) is 0 Å². The largest absolute Gasteiger partial charge is 0.330 e. The number of hydrogen-bond acceptors (Lipinski definition) is 5. The molecule has 0 radical (unpaired) electrons. The lowest BCUT2D eigenvalue weighted by atomic mass is 9.94. The fourth-order valence-corrected chi connectivity index (χ4v) is 6.74. The minimum atomic E-state index is -3.82. The second-order valence-electron chi connectivity index (χ2n) is 7.28. The number of nitrogens with one attached hydrogen (secondary N) is 1. The van der Waals surface area contributed by atoms with Crippen molar-refractivity contribution in [3.8, 4) is 0 Å². The molecule has 9 heteroatoms. The molecule has 142 valence electrons. The van der Waals surface area contributed by atoms with Gasteiger partial charge in [0.1, 0.15) is 0 Å². The SMILES string of the molecule is Cc1nc2sccn2c(=O)c1S(=O)(=O)N1CC[NH+](C2CCCCC2)CC1. The third-order valence-corrected chi connectivity index (χ3v) is 8.53. The molecule has 2 fully saturated rings. The van der Waals surface area contributed by atoms with Crippen molar-refractivity contribution < 1.29 is 13.3 Å². The Balaban J connectivity index is 1.57. The molecule has 1 N–H and O–H groups in total. The van der Waals surface area contributed by atoms with Crippen LogP contribution >= 0.6 is 11.3 Å². The number of quaternary nitrogens is 1. The summed E-state index contributed by atoms with van der Waals surface area (Å²) in [6.45, 7) is 4.19. The van der Waals surface area contributed by atoms with Crippen LogP contribution in [0.2, 0.25) is 0 Å². The molecule has 0 atom stereocenters. The van der Waals surface area contributed by atoms with Crippen LogP contribution in [0.1, 0.15) is 37.8 Å². The summed E-state index contributed by atoms with van der Waals surface area (Å²) in [5.74, 6) is 0. The van der Waals surface area contributed by atoms with Crippen molar-refractivity contribution in [1.82, 2.24) is 13.7 Å². The fraction of sp³-hybridized carbons (Fsp3) is 0.647. The van der Waals surface area contributed by atoms with Gasteiger partial charge in [-0.1, -0.05) is 6.42 Å². The van der Waals surface area contributed by atoms with Crippen LogP contribution < -0.4 is 10.5 Å². The predicted molar refractivity (Wildman–Crippen MR) is 100 cm³/mol. The normalized spacial score (nSPS) is 21.4. The first-order chi connectivity index (χ1) is 12.5. The number of aromatic nitrogens is 2. The molecule has 0 unspecified atom stereocenters. The second-order valence-corrected chi connectivity index (χ2v) is 10.0. The lowest BCUT2D eigenvalue weighted by Gasteiger charge is -2.37. The van der Waals surface area contributed by atoms with Crippen LogP contribution in [0, 0.1) is 6.92 Å². The quantitative estimate of drug-likeness (QED) is 0.808. The molecule has 2 aromatic rings. The van der Waals surface area contributed by atoms with E-state index < -0.39 is 15.6 Å². The van der Waals surface area contributed by atoms with Crippen LogP contribution in [0.25, 0.3) is 4.96 Å². The van der Waals surface area contributed by atoms with E-state index in [9.17, 15) is 13.2 Å². The molecule has 26 heavy (non-hydrogen) atoms. The number of piperazine rings is 1. The molecular formula is C17H25N4O3S2+. The van der Waals surface area contributed by atoms with Gasteiger partial charge in [0.15, 0.2) is 9.86 Å². The van der Waals surface area contributed by atoms with Gasteiger partial charge in [0.05, 0.1) is 37.9 Å². The Morgan fingerprint density at radius 3 is 2.58 bits per heavy atom. The average Bonchev–Trinajstić information content (AvgIpc) is 3.11. The highest BCUT2D eigenvalue weighted by Crippen LogP contribution is 2.19. The summed E-state index contributed by atoms with van der Waals surface area (Å²) in [5, 5.41) is 1.74. The summed E-state index contributed by atoms with van der Waals surface area (Å²) in [5.41, 5.74) is -0.199. The van der Waals surface area contributed by atoms with Crippen molar-refractivity contribution in [2.45, 2.75) is 50.0 Å². The van der Waals surface area contributed by atoms with E-state index in [2.05, 4.69) is 4.98 Å². The van der Waals surface area contributed by atoms with E-state index in [1.165, 1.54) is 57.0 Å². The first-order valence-electron chi connectivity index (χ1n) is 9.29. The van der Waals surface area contributed by atoms with Crippen molar-refractivity contribution in [2.24, 2.45) is 0 Å². The highest BCUT2D eigenvalue weighted by atomic mass is 32.2. The number of fused-ring (bicyclic) bond motifs is 1. The van der Waals surface area contributed by atoms with Crippen molar-refractivity contribution in [1.29, 1.82) is 0 Å². The molecule has 0 spiro atoms. The van der Waals surface area contributed by atoms with Crippen LogP contribution in [0.5, 0.6) is 0 Å². The Hall–Kier alpha value is -1.29. The molecule has 1 aliphatic carbocycles. The van der Waals surface area contributed by atoms with E-state index in [-0.39, 0.29) is 4.90 Å². The standard InChI is InChI=1S/C17H24N4O3S2/c1-13-15(16(22)21-11-12-25-17(21)18-13)26(23,24)20-9-7-19(8-10-20)14-5-3-2-4-6-14/h11-12,14H,2-10H2,1H3/p+1. The molecule has 1 aliphatic heterocycles. The fourth-order valence-electron chi connectivity index (χ4n) is 4.32. The topological polar surface area (TPSA) is 76.2 Å². The Morgan fingerprint density at radius 1 is 1.19 bits per heavy atom. The van der Waals surface area contributed by atoms with E-state index in [1.807, 2.05) is 0 Å². The number of thiazole rings is 1. The highest BCUT2D eigenvalue weighted by Gasteiger charge is 2.36. The van der Waals surface area contributed by atoms with Crippen molar-refractivity contribution >= 4 is 26.3 Å². The van der Waals surface area contributed by atoms with Crippen LogP contribution in [0.3, 0.4) is 0 Å². The first kappa shape index (κ1) is 18.1. The van der Waals surface area contributed by atoms with Crippen molar-refractivity contribution in [3.63, 3.8) is 0 Å². The number of nitrogens with zero attached hydrogens (tertiary/aromatic N) is 3. The van der Waals surface area contributed by atoms with Gasteiger partial charge in [0.2, 0.25) is 0 Å². The number of aryl methyl sites for hydroxylation is 1. The summed E-state index contributed by atoms with van der Waals surface area (Å²) in [4.78, 5) is 18.9. The van der Waals surface area contributed by atoms with Gasteiger partial charge in [-0.25, -0.2) is 13.4 Å². The number of sulfonamides is 1. The second kappa shape index (κ2) is 7.03. The van der Waals surface area contributed by atoms with Crippen LogP contribution in [0.15, 0.2) is 21.3 Å². The van der Waals surface area contributed by atoms with Gasteiger partial charge < -0.3 is 4.90 Å². The van der Waals surface area contributed by atoms with Gasteiger partial charge in [-0.2, -0.15) is 4.31 Å². The van der Waals surface area contributed by atoms with Crippen LogP contribution in [-0.4, -0.2) is 54.3 Å². The molecule has 0 aromatic carbocycles.